The average Bonchev–Trinajstić information content (AvgIpc) is 2.53. The number of hydrogen-bond acceptors (Lipinski definition) is 6. The van der Waals surface area contributed by atoms with Crippen molar-refractivity contribution in [1.29, 1.82) is 5.26 Å². The fourth-order valence-corrected chi connectivity index (χ4v) is 1.64. The van der Waals surface area contributed by atoms with E-state index in [9.17, 15) is 14.4 Å². The third-order valence-electron chi connectivity index (χ3n) is 2.63. The second kappa shape index (κ2) is 9.63. The molecule has 0 spiro atoms. The predicted molar refractivity (Wildman–Crippen MR) is 87.7 cm³/mol. The Labute approximate surface area is 139 Å². The Morgan fingerprint density at radius 2 is 1.75 bits per heavy atom. The van der Waals surface area contributed by atoms with Crippen molar-refractivity contribution in [2.45, 2.75) is 13.8 Å². The number of nitriles is 1. The quantitative estimate of drug-likeness (QED) is 0.392. The van der Waals surface area contributed by atoms with Crippen LogP contribution in [0.4, 0.5) is 11.4 Å². The molecular formula is C16H18N4O4. The summed E-state index contributed by atoms with van der Waals surface area (Å²) in [6.07, 6.45) is 1.15. The summed E-state index contributed by atoms with van der Waals surface area (Å²) in [4.78, 5) is 34.1. The molecule has 0 unspecified atom stereocenters. The third-order valence-corrected chi connectivity index (χ3v) is 2.63. The molecule has 24 heavy (non-hydrogen) atoms. The second-order valence-electron chi connectivity index (χ2n) is 4.57. The first kappa shape index (κ1) is 18.7. The van der Waals surface area contributed by atoms with Crippen molar-refractivity contribution in [2.75, 3.05) is 23.8 Å². The van der Waals surface area contributed by atoms with E-state index in [2.05, 4.69) is 16.0 Å². The van der Waals surface area contributed by atoms with Gasteiger partial charge in [-0.25, -0.2) is 0 Å². The topological polar surface area (TPSA) is 120 Å². The van der Waals surface area contributed by atoms with Crippen molar-refractivity contribution in [3.8, 4) is 6.07 Å². The maximum absolute atomic E-state index is 12.0. The zero-order valence-electron chi connectivity index (χ0n) is 13.4. The SMILES string of the molecule is CCOC(=O)CN/C=C(/C#N)C(=O)Nc1ccc(NC(C)=O)cc1. The molecule has 3 N–H and O–H groups in total. The Bertz CT molecular complexity index is 674. The number of nitrogens with one attached hydrogen (secondary N) is 3. The molecule has 2 amide bonds. The molecule has 0 heterocycles. The van der Waals surface area contributed by atoms with Gasteiger partial charge in [-0.1, -0.05) is 0 Å². The molecule has 8 nitrogen and oxygen atoms in total. The number of rotatable bonds is 7. The first-order valence-electron chi connectivity index (χ1n) is 7.14. The zero-order valence-corrected chi connectivity index (χ0v) is 13.4. The van der Waals surface area contributed by atoms with Crippen molar-refractivity contribution >= 4 is 29.2 Å². The molecule has 0 radical (unpaired) electrons. The van der Waals surface area contributed by atoms with Crippen molar-refractivity contribution in [3.63, 3.8) is 0 Å². The second-order valence-corrected chi connectivity index (χ2v) is 4.57. The molecule has 0 aromatic heterocycles. The van der Waals surface area contributed by atoms with Crippen molar-refractivity contribution < 1.29 is 19.1 Å². The molecule has 0 aliphatic carbocycles. The van der Waals surface area contributed by atoms with Crippen LogP contribution >= 0.6 is 0 Å². The summed E-state index contributed by atoms with van der Waals surface area (Å²) in [6.45, 7) is 3.18. The highest BCUT2D eigenvalue weighted by Crippen LogP contribution is 2.14. The molecule has 0 saturated carbocycles. The van der Waals surface area contributed by atoms with E-state index in [1.165, 1.54) is 6.92 Å². The van der Waals surface area contributed by atoms with Gasteiger partial charge in [-0.15, -0.1) is 0 Å². The van der Waals surface area contributed by atoms with E-state index in [0.717, 1.165) is 6.20 Å². The number of anilines is 2. The molecular weight excluding hydrogens is 312 g/mol. The monoisotopic (exact) mass is 330 g/mol. The van der Waals surface area contributed by atoms with Gasteiger partial charge in [0.25, 0.3) is 5.91 Å². The van der Waals surface area contributed by atoms with E-state index < -0.39 is 11.9 Å². The minimum atomic E-state index is -0.624. The number of amides is 2. The summed E-state index contributed by atoms with van der Waals surface area (Å²) in [5, 5.41) is 16.7. The molecule has 8 heteroatoms. The Morgan fingerprint density at radius 3 is 2.25 bits per heavy atom. The molecule has 1 aromatic rings. The van der Waals surface area contributed by atoms with Gasteiger partial charge in [0.1, 0.15) is 18.2 Å². The van der Waals surface area contributed by atoms with Crippen LogP contribution in [0.1, 0.15) is 13.8 Å². The van der Waals surface area contributed by atoms with Gasteiger partial charge in [0, 0.05) is 24.5 Å². The fraction of sp³-hybridized carbons (Fsp3) is 0.250. The summed E-state index contributed by atoms with van der Waals surface area (Å²) in [5.41, 5.74) is 0.860. The van der Waals surface area contributed by atoms with Crippen LogP contribution in [0.5, 0.6) is 0 Å². The molecule has 1 rings (SSSR count). The molecule has 0 fully saturated rings. The van der Waals surface area contributed by atoms with Gasteiger partial charge in [-0.05, 0) is 31.2 Å². The van der Waals surface area contributed by atoms with Crippen molar-refractivity contribution in [2.24, 2.45) is 0 Å². The van der Waals surface area contributed by atoms with E-state index in [1.807, 2.05) is 0 Å². The van der Waals surface area contributed by atoms with Crippen molar-refractivity contribution in [3.05, 3.63) is 36.0 Å². The highest BCUT2D eigenvalue weighted by atomic mass is 16.5. The molecule has 0 atom stereocenters. The molecule has 0 saturated heterocycles. The third kappa shape index (κ3) is 6.62. The number of carbonyl (C=O) groups is 3. The lowest BCUT2D eigenvalue weighted by atomic mass is 10.2. The zero-order chi connectivity index (χ0) is 17.9. The Morgan fingerprint density at radius 1 is 1.17 bits per heavy atom. The van der Waals surface area contributed by atoms with Crippen LogP contribution in [-0.4, -0.2) is 30.9 Å². The van der Waals surface area contributed by atoms with Gasteiger partial charge in [-0.3, -0.25) is 14.4 Å². The van der Waals surface area contributed by atoms with Gasteiger partial charge in [0.05, 0.1) is 6.61 Å². The van der Waals surface area contributed by atoms with Gasteiger partial charge in [0.2, 0.25) is 5.91 Å². The lowest BCUT2D eigenvalue weighted by Gasteiger charge is -2.07. The molecule has 0 bridgehead atoms. The summed E-state index contributed by atoms with van der Waals surface area (Å²) in [5.74, 6) is -1.31. The first-order valence-corrected chi connectivity index (χ1v) is 7.14. The van der Waals surface area contributed by atoms with E-state index in [4.69, 9.17) is 10.00 Å². The lowest BCUT2D eigenvalue weighted by molar-refractivity contribution is -0.141. The fourth-order valence-electron chi connectivity index (χ4n) is 1.64. The smallest absolute Gasteiger partial charge is 0.325 e. The largest absolute Gasteiger partial charge is 0.465 e. The van der Waals surface area contributed by atoms with Gasteiger partial charge in [0.15, 0.2) is 0 Å². The van der Waals surface area contributed by atoms with E-state index in [1.54, 1.807) is 37.3 Å². The average molecular weight is 330 g/mol. The number of nitrogens with zero attached hydrogens (tertiary/aromatic N) is 1. The number of ether oxygens (including phenoxy) is 1. The maximum Gasteiger partial charge on any atom is 0.325 e. The first-order chi connectivity index (χ1) is 11.5. The highest BCUT2D eigenvalue weighted by molar-refractivity contribution is 6.06. The van der Waals surface area contributed by atoms with E-state index in [0.29, 0.717) is 11.4 Å². The van der Waals surface area contributed by atoms with Crippen LogP contribution in [0.25, 0.3) is 0 Å². The number of benzene rings is 1. The highest BCUT2D eigenvalue weighted by Gasteiger charge is 2.10. The van der Waals surface area contributed by atoms with Crippen LogP contribution in [0.2, 0.25) is 0 Å². The Kier molecular flexibility index (Phi) is 7.51. The Hall–Kier alpha value is -3.34. The summed E-state index contributed by atoms with van der Waals surface area (Å²) in [6, 6.07) is 8.15. The Balaban J connectivity index is 2.62. The summed E-state index contributed by atoms with van der Waals surface area (Å²) in [7, 11) is 0. The van der Waals surface area contributed by atoms with Crippen LogP contribution in [-0.2, 0) is 19.1 Å². The van der Waals surface area contributed by atoms with Crippen LogP contribution in [0.3, 0.4) is 0 Å². The van der Waals surface area contributed by atoms with E-state index in [-0.39, 0.29) is 24.6 Å². The van der Waals surface area contributed by atoms with Crippen LogP contribution < -0.4 is 16.0 Å². The molecule has 0 aliphatic rings. The standard InChI is InChI=1S/C16H18N4O4/c1-3-24-15(22)10-18-9-12(8-17)16(23)20-14-6-4-13(5-7-14)19-11(2)21/h4-7,9,18H,3,10H2,1-2H3,(H,19,21)(H,20,23)/b12-9-. The lowest BCUT2D eigenvalue weighted by Crippen LogP contribution is -2.22. The molecule has 0 aliphatic heterocycles. The minimum Gasteiger partial charge on any atom is -0.465 e. The summed E-state index contributed by atoms with van der Waals surface area (Å²) >= 11 is 0. The maximum atomic E-state index is 12.0. The number of hydrogen-bond donors (Lipinski definition) is 3. The predicted octanol–water partition coefficient (Wildman–Crippen LogP) is 1.14. The molecule has 1 aromatic carbocycles. The van der Waals surface area contributed by atoms with Gasteiger partial charge in [-0.2, -0.15) is 5.26 Å². The number of carbonyl (C=O) groups excluding carboxylic acids is 3. The van der Waals surface area contributed by atoms with Gasteiger partial charge < -0.3 is 20.7 Å². The van der Waals surface area contributed by atoms with Crippen LogP contribution in [0.15, 0.2) is 36.0 Å². The minimum absolute atomic E-state index is 0.141. The number of esters is 1. The van der Waals surface area contributed by atoms with Crippen LogP contribution in [0, 0.1) is 11.3 Å². The van der Waals surface area contributed by atoms with Gasteiger partial charge >= 0.3 is 5.97 Å². The normalized spacial score (nSPS) is 10.3. The molecule has 126 valence electrons. The summed E-state index contributed by atoms with van der Waals surface area (Å²) < 4.78 is 4.71. The van der Waals surface area contributed by atoms with Crippen molar-refractivity contribution in [1.82, 2.24) is 5.32 Å². The van der Waals surface area contributed by atoms with E-state index >= 15 is 0 Å².